The molecule has 0 aliphatic heterocycles. The Bertz CT molecular complexity index is 1060. The van der Waals surface area contributed by atoms with Crippen LogP contribution in [0.5, 0.6) is 0 Å². The molecule has 0 saturated carbocycles. The lowest BCUT2D eigenvalue weighted by Gasteiger charge is -2.09. The molecule has 30 heavy (non-hydrogen) atoms. The third-order valence-electron chi connectivity index (χ3n) is 4.31. The molecule has 3 rings (SSSR count). The van der Waals surface area contributed by atoms with Crippen LogP contribution < -0.4 is 0 Å². The predicted octanol–water partition coefficient (Wildman–Crippen LogP) is 7.48. The summed E-state index contributed by atoms with van der Waals surface area (Å²) in [5.41, 5.74) is 10.5. The largest absolute Gasteiger partial charge is 0.255 e. The topological polar surface area (TPSA) is 38.7 Å². The van der Waals surface area contributed by atoms with E-state index in [1.165, 1.54) is 16.7 Å². The van der Waals surface area contributed by atoms with Crippen molar-refractivity contribution in [3.05, 3.63) is 82.2 Å². The number of pyridine rings is 3. The minimum atomic E-state index is 0.846. The first-order valence-electron chi connectivity index (χ1n) is 10.2. The average Bonchev–Trinajstić information content (AvgIpc) is 2.66. The van der Waals surface area contributed by atoms with Gasteiger partial charge in [0.1, 0.15) is 0 Å². The number of allylic oxidation sites excluding steroid dienone is 3. The van der Waals surface area contributed by atoms with Crippen molar-refractivity contribution in [2.75, 3.05) is 0 Å². The van der Waals surface area contributed by atoms with Gasteiger partial charge in [-0.25, -0.2) is 4.98 Å². The zero-order valence-corrected chi connectivity index (χ0v) is 18.7. The van der Waals surface area contributed by atoms with Crippen molar-refractivity contribution >= 4 is 18.2 Å². The minimum absolute atomic E-state index is 0.846. The van der Waals surface area contributed by atoms with Crippen LogP contribution in [-0.4, -0.2) is 15.0 Å². The molecule has 3 aromatic heterocycles. The monoisotopic (exact) mass is 395 g/mol. The number of hydrogen-bond acceptors (Lipinski definition) is 3. The standard InChI is InChI=1S/C27H29N3/c1-18(2)11-21-7-9-28-24(14-21)26-16-23(13-20(5)6)17-27(30-26)25-15-22(8-10-29-25)12-19(3)4/h7-17H,1-6H3. The highest BCUT2D eigenvalue weighted by atomic mass is 14.8. The molecule has 3 aromatic rings. The van der Waals surface area contributed by atoms with Gasteiger partial charge in [-0.2, -0.15) is 0 Å². The lowest BCUT2D eigenvalue weighted by molar-refractivity contribution is 1.21. The Kier molecular flexibility index (Phi) is 6.73. The van der Waals surface area contributed by atoms with E-state index in [0.29, 0.717) is 0 Å². The molecule has 0 N–H and O–H groups in total. The molecule has 3 heteroatoms. The third-order valence-corrected chi connectivity index (χ3v) is 4.31. The van der Waals surface area contributed by atoms with Crippen molar-refractivity contribution in [2.24, 2.45) is 0 Å². The lowest BCUT2D eigenvalue weighted by Crippen LogP contribution is -1.95. The zero-order chi connectivity index (χ0) is 21.7. The molecule has 0 radical (unpaired) electrons. The molecule has 0 amide bonds. The van der Waals surface area contributed by atoms with Crippen molar-refractivity contribution in [3.8, 4) is 22.8 Å². The normalized spacial score (nSPS) is 10.3. The van der Waals surface area contributed by atoms with E-state index in [1.54, 1.807) is 0 Å². The van der Waals surface area contributed by atoms with E-state index >= 15 is 0 Å². The summed E-state index contributed by atoms with van der Waals surface area (Å²) < 4.78 is 0. The van der Waals surface area contributed by atoms with Crippen molar-refractivity contribution in [1.82, 2.24) is 15.0 Å². The maximum atomic E-state index is 4.93. The molecule has 0 atom stereocenters. The van der Waals surface area contributed by atoms with Gasteiger partial charge in [0.2, 0.25) is 0 Å². The first-order chi connectivity index (χ1) is 14.3. The van der Waals surface area contributed by atoms with E-state index in [-0.39, 0.29) is 0 Å². The van der Waals surface area contributed by atoms with Crippen LogP contribution in [0, 0.1) is 0 Å². The maximum Gasteiger partial charge on any atom is 0.0900 e. The van der Waals surface area contributed by atoms with Gasteiger partial charge < -0.3 is 0 Å². The Morgan fingerprint density at radius 1 is 0.533 bits per heavy atom. The van der Waals surface area contributed by atoms with E-state index in [9.17, 15) is 0 Å². The Morgan fingerprint density at radius 2 is 0.900 bits per heavy atom. The van der Waals surface area contributed by atoms with Crippen molar-refractivity contribution in [2.45, 2.75) is 41.5 Å². The van der Waals surface area contributed by atoms with E-state index in [0.717, 1.165) is 39.5 Å². The first kappa shape index (κ1) is 21.4. The van der Waals surface area contributed by atoms with Crippen LogP contribution >= 0.6 is 0 Å². The molecule has 3 heterocycles. The highest BCUT2D eigenvalue weighted by molar-refractivity contribution is 5.71. The van der Waals surface area contributed by atoms with Gasteiger partial charge in [0.25, 0.3) is 0 Å². The molecular weight excluding hydrogens is 366 g/mol. The summed E-state index contributed by atoms with van der Waals surface area (Å²) in [6.45, 7) is 12.6. The summed E-state index contributed by atoms with van der Waals surface area (Å²) in [5.74, 6) is 0. The van der Waals surface area contributed by atoms with Gasteiger partial charge in [0.05, 0.1) is 22.8 Å². The number of rotatable bonds is 5. The van der Waals surface area contributed by atoms with Crippen molar-refractivity contribution < 1.29 is 0 Å². The molecular formula is C27H29N3. The molecule has 0 fully saturated rings. The van der Waals surface area contributed by atoms with E-state index in [4.69, 9.17) is 4.98 Å². The summed E-state index contributed by atoms with van der Waals surface area (Å²) >= 11 is 0. The van der Waals surface area contributed by atoms with E-state index < -0.39 is 0 Å². The Labute approximate surface area is 180 Å². The molecule has 3 nitrogen and oxygen atoms in total. The maximum absolute atomic E-state index is 4.93. The fourth-order valence-corrected chi connectivity index (χ4v) is 3.25. The average molecular weight is 396 g/mol. The molecule has 0 spiro atoms. The van der Waals surface area contributed by atoms with Crippen molar-refractivity contribution in [1.29, 1.82) is 0 Å². The van der Waals surface area contributed by atoms with E-state index in [1.807, 2.05) is 24.5 Å². The molecule has 0 bridgehead atoms. The fourth-order valence-electron chi connectivity index (χ4n) is 3.25. The quantitative estimate of drug-likeness (QED) is 0.449. The van der Waals surface area contributed by atoms with Gasteiger partial charge in [0, 0.05) is 12.4 Å². The van der Waals surface area contributed by atoms with Gasteiger partial charge in [-0.3, -0.25) is 9.97 Å². The highest BCUT2D eigenvalue weighted by Crippen LogP contribution is 2.26. The highest BCUT2D eigenvalue weighted by Gasteiger charge is 2.09. The number of hydrogen-bond donors (Lipinski definition) is 0. The molecule has 0 saturated heterocycles. The second-order valence-electron chi connectivity index (χ2n) is 8.28. The summed E-state index contributed by atoms with van der Waals surface area (Å²) in [4.78, 5) is 14.1. The van der Waals surface area contributed by atoms with Crippen LogP contribution in [0.15, 0.2) is 65.5 Å². The lowest BCUT2D eigenvalue weighted by atomic mass is 10.1. The van der Waals surface area contributed by atoms with Gasteiger partial charge in [-0.1, -0.05) is 34.9 Å². The van der Waals surface area contributed by atoms with E-state index in [2.05, 4.69) is 94.0 Å². The molecule has 0 aliphatic rings. The van der Waals surface area contributed by atoms with Crippen LogP contribution in [0.25, 0.3) is 41.0 Å². The summed E-state index contributed by atoms with van der Waals surface area (Å²) in [7, 11) is 0. The summed E-state index contributed by atoms with van der Waals surface area (Å²) in [6.07, 6.45) is 10.1. The molecule has 0 unspecified atom stereocenters. The van der Waals surface area contributed by atoms with Crippen LogP contribution in [-0.2, 0) is 0 Å². The number of aromatic nitrogens is 3. The third kappa shape index (κ3) is 5.84. The molecule has 0 aliphatic carbocycles. The van der Waals surface area contributed by atoms with Gasteiger partial charge in [-0.05, 0) is 94.6 Å². The smallest absolute Gasteiger partial charge is 0.0900 e. The Hall–Kier alpha value is -3.33. The Morgan fingerprint density at radius 3 is 1.30 bits per heavy atom. The van der Waals surface area contributed by atoms with Crippen LogP contribution in [0.2, 0.25) is 0 Å². The van der Waals surface area contributed by atoms with Crippen LogP contribution in [0.1, 0.15) is 58.2 Å². The van der Waals surface area contributed by atoms with Gasteiger partial charge in [0.15, 0.2) is 0 Å². The minimum Gasteiger partial charge on any atom is -0.255 e. The molecule has 0 aromatic carbocycles. The van der Waals surface area contributed by atoms with Crippen LogP contribution in [0.4, 0.5) is 0 Å². The zero-order valence-electron chi connectivity index (χ0n) is 18.7. The summed E-state index contributed by atoms with van der Waals surface area (Å²) in [6, 6.07) is 12.4. The number of nitrogens with zero attached hydrogens (tertiary/aromatic N) is 3. The Balaban J connectivity index is 2.16. The van der Waals surface area contributed by atoms with Gasteiger partial charge in [-0.15, -0.1) is 0 Å². The second kappa shape index (κ2) is 9.45. The fraction of sp³-hybridized carbons (Fsp3) is 0.222. The van der Waals surface area contributed by atoms with Gasteiger partial charge >= 0.3 is 0 Å². The van der Waals surface area contributed by atoms with Crippen LogP contribution in [0.3, 0.4) is 0 Å². The second-order valence-corrected chi connectivity index (χ2v) is 8.28. The van der Waals surface area contributed by atoms with Crippen molar-refractivity contribution in [3.63, 3.8) is 0 Å². The SMILES string of the molecule is CC(C)=Cc1ccnc(-c2cc(C=C(C)C)cc(-c3cc(C=C(C)C)ccn3)n2)c1. The summed E-state index contributed by atoms with van der Waals surface area (Å²) in [5, 5.41) is 0. The first-order valence-corrected chi connectivity index (χ1v) is 10.2. The molecule has 152 valence electrons. The predicted molar refractivity (Wildman–Crippen MR) is 129 cm³/mol.